The second-order valence-electron chi connectivity index (χ2n) is 4.49. The summed E-state index contributed by atoms with van der Waals surface area (Å²) in [4.78, 5) is 11.9. The Morgan fingerprint density at radius 1 is 1.33 bits per heavy atom. The number of benzene rings is 1. The summed E-state index contributed by atoms with van der Waals surface area (Å²) in [6, 6.07) is 8.14. The molecule has 1 aromatic carbocycles. The van der Waals surface area contributed by atoms with Gasteiger partial charge in [-0.2, -0.15) is 0 Å². The molecule has 2 nitrogen and oxygen atoms in total. The van der Waals surface area contributed by atoms with Gasteiger partial charge in [-0.25, -0.2) is 0 Å². The fourth-order valence-electron chi connectivity index (χ4n) is 1.79. The smallest absolute Gasteiger partial charge is 0.251 e. The van der Waals surface area contributed by atoms with Gasteiger partial charge in [-0.3, -0.25) is 4.79 Å². The fourth-order valence-corrected chi connectivity index (χ4v) is 1.79. The lowest BCUT2D eigenvalue weighted by atomic mass is 10.0. The van der Waals surface area contributed by atoms with Crippen molar-refractivity contribution in [1.82, 2.24) is 5.32 Å². The third-order valence-corrected chi connectivity index (χ3v) is 2.64. The number of hydrogen-bond acceptors (Lipinski definition) is 1. The minimum atomic E-state index is 0.0625. The Kier molecular flexibility index (Phi) is 2.76. The van der Waals surface area contributed by atoms with E-state index < -0.39 is 0 Å². The van der Waals surface area contributed by atoms with Gasteiger partial charge in [0.1, 0.15) is 0 Å². The van der Waals surface area contributed by atoms with Crippen LogP contribution in [-0.4, -0.2) is 11.9 Å². The molecule has 0 unspecified atom stereocenters. The highest BCUT2D eigenvalue weighted by molar-refractivity contribution is 5.96. The van der Waals surface area contributed by atoms with Gasteiger partial charge in [0.15, 0.2) is 0 Å². The second kappa shape index (κ2) is 4.05. The molecule has 1 fully saturated rings. The largest absolute Gasteiger partial charge is 0.350 e. The molecule has 0 radical (unpaired) electrons. The first-order chi connectivity index (χ1) is 7.18. The molecule has 0 aromatic heterocycles. The molecule has 1 aliphatic rings. The molecule has 80 valence electrons. The van der Waals surface area contributed by atoms with E-state index in [-0.39, 0.29) is 11.9 Å². The van der Waals surface area contributed by atoms with Gasteiger partial charge in [-0.1, -0.05) is 18.2 Å². The van der Waals surface area contributed by atoms with Crippen molar-refractivity contribution >= 4 is 5.91 Å². The number of carbonyl (C=O) groups is 1. The molecule has 1 N–H and O–H groups in total. The molecule has 0 spiro atoms. The van der Waals surface area contributed by atoms with E-state index in [1.807, 2.05) is 32.0 Å². The predicted octanol–water partition coefficient (Wildman–Crippen LogP) is 2.70. The number of amides is 1. The lowest BCUT2D eigenvalue weighted by molar-refractivity contribution is 0.0942. The van der Waals surface area contributed by atoms with E-state index >= 15 is 0 Å². The molecule has 0 aliphatic heterocycles. The third-order valence-electron chi connectivity index (χ3n) is 2.64. The Bertz CT molecular complexity index is 367. The van der Waals surface area contributed by atoms with Crippen LogP contribution in [0.25, 0.3) is 0 Å². The molecule has 1 amide bonds. The van der Waals surface area contributed by atoms with E-state index in [0.29, 0.717) is 5.92 Å². The Hall–Kier alpha value is -1.31. The maximum absolute atomic E-state index is 11.9. The van der Waals surface area contributed by atoms with Gasteiger partial charge in [0.05, 0.1) is 0 Å². The minimum absolute atomic E-state index is 0.0625. The van der Waals surface area contributed by atoms with Gasteiger partial charge in [0, 0.05) is 11.6 Å². The summed E-state index contributed by atoms with van der Waals surface area (Å²) in [5.74, 6) is 0.687. The van der Waals surface area contributed by atoms with Crippen LogP contribution in [0.15, 0.2) is 24.3 Å². The Labute approximate surface area is 90.7 Å². The first-order valence-electron chi connectivity index (χ1n) is 5.58. The van der Waals surface area contributed by atoms with Crippen molar-refractivity contribution < 1.29 is 4.79 Å². The van der Waals surface area contributed by atoms with E-state index in [1.165, 1.54) is 18.4 Å². The minimum Gasteiger partial charge on any atom is -0.350 e. The average Bonchev–Trinajstić information content (AvgIpc) is 3.00. The summed E-state index contributed by atoms with van der Waals surface area (Å²) in [5, 5.41) is 2.94. The van der Waals surface area contributed by atoms with Gasteiger partial charge in [-0.15, -0.1) is 0 Å². The maximum Gasteiger partial charge on any atom is 0.251 e. The van der Waals surface area contributed by atoms with Crippen molar-refractivity contribution in [2.24, 2.45) is 0 Å². The highest BCUT2D eigenvalue weighted by Gasteiger charge is 2.27. The zero-order valence-corrected chi connectivity index (χ0v) is 9.29. The number of carbonyl (C=O) groups excluding carboxylic acids is 1. The number of hydrogen-bond donors (Lipinski definition) is 1. The summed E-state index contributed by atoms with van der Waals surface area (Å²) in [6.45, 7) is 3.97. The monoisotopic (exact) mass is 203 g/mol. The summed E-state index contributed by atoms with van der Waals surface area (Å²) in [5.41, 5.74) is 2.07. The van der Waals surface area contributed by atoms with E-state index in [0.717, 1.165) is 5.56 Å². The van der Waals surface area contributed by atoms with Crippen LogP contribution in [0.5, 0.6) is 0 Å². The summed E-state index contributed by atoms with van der Waals surface area (Å²) < 4.78 is 0. The standard InChI is InChI=1S/C13H17NO/c1-9(2)14-13(15)12-6-4-3-5-11(12)10-7-8-10/h3-6,9-10H,7-8H2,1-2H3,(H,14,15). The molecule has 0 atom stereocenters. The Morgan fingerprint density at radius 2 is 2.00 bits per heavy atom. The average molecular weight is 203 g/mol. The van der Waals surface area contributed by atoms with Crippen LogP contribution in [0.2, 0.25) is 0 Å². The van der Waals surface area contributed by atoms with E-state index in [2.05, 4.69) is 11.4 Å². The fraction of sp³-hybridized carbons (Fsp3) is 0.462. The summed E-state index contributed by atoms with van der Waals surface area (Å²) in [7, 11) is 0. The Morgan fingerprint density at radius 3 is 2.60 bits per heavy atom. The Balaban J connectivity index is 2.22. The van der Waals surface area contributed by atoms with Gasteiger partial charge < -0.3 is 5.32 Å². The van der Waals surface area contributed by atoms with E-state index in [9.17, 15) is 4.79 Å². The van der Waals surface area contributed by atoms with Gasteiger partial charge in [0.2, 0.25) is 0 Å². The van der Waals surface area contributed by atoms with Crippen LogP contribution in [0.4, 0.5) is 0 Å². The highest BCUT2D eigenvalue weighted by atomic mass is 16.1. The van der Waals surface area contributed by atoms with Crippen molar-refractivity contribution in [3.05, 3.63) is 35.4 Å². The van der Waals surface area contributed by atoms with Crippen molar-refractivity contribution in [3.8, 4) is 0 Å². The van der Waals surface area contributed by atoms with Crippen LogP contribution in [0, 0.1) is 0 Å². The van der Waals surface area contributed by atoms with Crippen LogP contribution >= 0.6 is 0 Å². The first kappa shape index (κ1) is 10.2. The van der Waals surface area contributed by atoms with Crippen LogP contribution in [0.1, 0.15) is 48.5 Å². The molecule has 0 heterocycles. The zero-order valence-electron chi connectivity index (χ0n) is 9.29. The molecule has 1 aliphatic carbocycles. The van der Waals surface area contributed by atoms with Gasteiger partial charge in [0.25, 0.3) is 5.91 Å². The van der Waals surface area contributed by atoms with Crippen molar-refractivity contribution in [1.29, 1.82) is 0 Å². The summed E-state index contributed by atoms with van der Waals surface area (Å²) >= 11 is 0. The quantitative estimate of drug-likeness (QED) is 0.804. The summed E-state index contributed by atoms with van der Waals surface area (Å²) in [6.07, 6.45) is 2.46. The molecule has 0 saturated heterocycles. The molecular formula is C13H17NO. The van der Waals surface area contributed by atoms with E-state index in [4.69, 9.17) is 0 Å². The number of nitrogens with one attached hydrogen (secondary N) is 1. The maximum atomic E-state index is 11.9. The van der Waals surface area contributed by atoms with Crippen molar-refractivity contribution in [2.45, 2.75) is 38.6 Å². The van der Waals surface area contributed by atoms with Gasteiger partial charge in [-0.05, 0) is 44.2 Å². The lowest BCUT2D eigenvalue weighted by Crippen LogP contribution is -2.30. The number of rotatable bonds is 3. The van der Waals surface area contributed by atoms with E-state index in [1.54, 1.807) is 0 Å². The molecule has 1 saturated carbocycles. The van der Waals surface area contributed by atoms with Crippen molar-refractivity contribution in [2.75, 3.05) is 0 Å². The second-order valence-corrected chi connectivity index (χ2v) is 4.49. The normalized spacial score (nSPS) is 15.4. The van der Waals surface area contributed by atoms with Crippen molar-refractivity contribution in [3.63, 3.8) is 0 Å². The molecule has 0 bridgehead atoms. The zero-order chi connectivity index (χ0) is 10.8. The lowest BCUT2D eigenvalue weighted by Gasteiger charge is -2.11. The first-order valence-corrected chi connectivity index (χ1v) is 5.58. The highest BCUT2D eigenvalue weighted by Crippen LogP contribution is 2.41. The predicted molar refractivity (Wildman–Crippen MR) is 61.0 cm³/mol. The molecule has 15 heavy (non-hydrogen) atoms. The van der Waals surface area contributed by atoms with Crippen LogP contribution in [0.3, 0.4) is 0 Å². The molecule has 2 rings (SSSR count). The SMILES string of the molecule is CC(C)NC(=O)c1ccccc1C1CC1. The molecule has 2 heteroatoms. The topological polar surface area (TPSA) is 29.1 Å². The third kappa shape index (κ3) is 2.38. The van der Waals surface area contributed by atoms with Gasteiger partial charge >= 0.3 is 0 Å². The van der Waals surface area contributed by atoms with Crippen LogP contribution < -0.4 is 5.32 Å². The van der Waals surface area contributed by atoms with Crippen LogP contribution in [-0.2, 0) is 0 Å². The molecular weight excluding hydrogens is 186 g/mol. The molecule has 1 aromatic rings.